The van der Waals surface area contributed by atoms with Crippen molar-refractivity contribution in [1.29, 1.82) is 0 Å². The number of hydrogen-bond acceptors (Lipinski definition) is 4. The van der Waals surface area contributed by atoms with Gasteiger partial charge >= 0.3 is 18.5 Å². The molecule has 0 saturated carbocycles. The zero-order chi connectivity index (χ0) is 33.4. The van der Waals surface area contributed by atoms with Crippen molar-refractivity contribution in [3.63, 3.8) is 0 Å². The molecule has 4 aromatic rings. The lowest BCUT2D eigenvalue weighted by Gasteiger charge is -2.32. The number of alkyl halides is 9. The smallest absolute Gasteiger partial charge is 0.367 e. The summed E-state index contributed by atoms with van der Waals surface area (Å²) in [4.78, 5) is 19.0. The molecule has 0 fully saturated rings. The van der Waals surface area contributed by atoms with Crippen molar-refractivity contribution in [2.24, 2.45) is 0 Å². The van der Waals surface area contributed by atoms with Gasteiger partial charge in [0.1, 0.15) is 5.82 Å². The maximum Gasteiger partial charge on any atom is 0.416 e. The summed E-state index contributed by atoms with van der Waals surface area (Å²) < 4.78 is 120. The Labute approximate surface area is 261 Å². The predicted octanol–water partition coefficient (Wildman–Crippen LogP) is 8.82. The molecule has 1 aliphatic rings. The van der Waals surface area contributed by atoms with E-state index in [4.69, 9.17) is 11.6 Å². The van der Waals surface area contributed by atoms with Crippen LogP contribution in [0.3, 0.4) is 0 Å². The fourth-order valence-electron chi connectivity index (χ4n) is 5.00. The fraction of sp³-hybridized carbons (Fsp3) is 0.226. The van der Waals surface area contributed by atoms with Crippen LogP contribution in [-0.4, -0.2) is 24.0 Å². The van der Waals surface area contributed by atoms with Gasteiger partial charge in [-0.05, 0) is 71.3 Å². The van der Waals surface area contributed by atoms with Gasteiger partial charge in [0, 0.05) is 48.5 Å². The van der Waals surface area contributed by atoms with E-state index >= 15 is 0 Å². The molecule has 0 spiro atoms. The van der Waals surface area contributed by atoms with E-state index < -0.39 is 53.2 Å². The number of carbonyl (C=O) groups excluding carboxylic acids is 1. The van der Waals surface area contributed by atoms with Crippen LogP contribution >= 0.6 is 11.6 Å². The van der Waals surface area contributed by atoms with E-state index in [0.717, 1.165) is 6.07 Å². The molecule has 0 bridgehead atoms. The summed E-state index contributed by atoms with van der Waals surface area (Å²) >= 11 is 6.00. The molecule has 1 aliphatic heterocycles. The number of rotatable bonds is 6. The average Bonchev–Trinajstić information content (AvgIpc) is 2.98. The van der Waals surface area contributed by atoms with Crippen LogP contribution in [0.1, 0.15) is 38.2 Å². The largest absolute Gasteiger partial charge is 0.416 e. The Morgan fingerprint density at radius 1 is 0.848 bits per heavy atom. The molecule has 242 valence electrons. The maximum absolute atomic E-state index is 13.7. The maximum atomic E-state index is 13.7. The van der Waals surface area contributed by atoms with Gasteiger partial charge in [-0.15, -0.1) is 0 Å². The van der Waals surface area contributed by atoms with E-state index in [9.17, 15) is 44.3 Å². The van der Waals surface area contributed by atoms with E-state index in [1.807, 2.05) is 0 Å². The number of benzene rings is 3. The normalized spacial score (nSPS) is 13.7. The third-order valence-corrected chi connectivity index (χ3v) is 7.41. The van der Waals surface area contributed by atoms with Crippen LogP contribution in [0.25, 0.3) is 11.1 Å². The molecule has 1 aromatic heterocycles. The molecule has 15 heteroatoms. The summed E-state index contributed by atoms with van der Waals surface area (Å²) in [5, 5.41) is 5.59. The minimum absolute atomic E-state index is 0.00227. The Kier molecular flexibility index (Phi) is 8.86. The molecule has 0 saturated heterocycles. The second-order valence-corrected chi connectivity index (χ2v) is 10.9. The average molecular weight is 673 g/mol. The van der Waals surface area contributed by atoms with Gasteiger partial charge < -0.3 is 15.5 Å². The van der Waals surface area contributed by atoms with Gasteiger partial charge in [0.15, 0.2) is 0 Å². The van der Waals surface area contributed by atoms with Crippen LogP contribution in [0.5, 0.6) is 0 Å². The molecular formula is C31H22ClF9N4O. The summed E-state index contributed by atoms with van der Waals surface area (Å²) in [5.74, 6) is -0.332. The van der Waals surface area contributed by atoms with E-state index in [0.29, 0.717) is 47.9 Å². The summed E-state index contributed by atoms with van der Waals surface area (Å²) in [6, 6.07) is 12.1. The summed E-state index contributed by atoms with van der Waals surface area (Å²) in [6.45, 7) is 0.0208. The number of hydrogen-bond donors (Lipinski definition) is 2. The molecule has 0 aliphatic carbocycles. The van der Waals surface area contributed by atoms with Crippen LogP contribution < -0.4 is 15.5 Å². The highest BCUT2D eigenvalue weighted by molar-refractivity contribution is 6.30. The number of halogens is 10. The van der Waals surface area contributed by atoms with Crippen LogP contribution in [0.4, 0.5) is 51.0 Å². The number of anilines is 2. The van der Waals surface area contributed by atoms with Crippen molar-refractivity contribution in [3.8, 4) is 11.1 Å². The molecule has 3 aromatic carbocycles. The van der Waals surface area contributed by atoms with E-state index in [1.165, 1.54) is 36.5 Å². The van der Waals surface area contributed by atoms with Crippen LogP contribution in [0.15, 0.2) is 72.9 Å². The second kappa shape index (κ2) is 12.4. The number of nitrogens with zero attached hydrogens (tertiary/aromatic N) is 2. The van der Waals surface area contributed by atoms with E-state index in [1.54, 1.807) is 17.0 Å². The Hall–Kier alpha value is -4.46. The first-order valence-corrected chi connectivity index (χ1v) is 13.9. The van der Waals surface area contributed by atoms with Gasteiger partial charge in [-0.3, -0.25) is 4.79 Å². The highest BCUT2D eigenvalue weighted by atomic mass is 35.5. The molecule has 0 atom stereocenters. The topological polar surface area (TPSA) is 57.3 Å². The fourth-order valence-corrected chi connectivity index (χ4v) is 5.20. The Morgan fingerprint density at radius 2 is 1.54 bits per heavy atom. The van der Waals surface area contributed by atoms with Crippen molar-refractivity contribution >= 4 is 29.0 Å². The SMILES string of the molecule is O=C(NCc1cc(C(F)(F)F)cc(C(F)(F)F)c1)c1cccc(-c2cnc3c(c2)N(Cc2cc(Cl)ccc2C(F)(F)F)CCN3)c1. The number of carbonyl (C=O) groups is 1. The van der Waals surface area contributed by atoms with Crippen molar-refractivity contribution < 1.29 is 44.3 Å². The molecule has 0 unspecified atom stereocenters. The quantitative estimate of drug-likeness (QED) is 0.201. The van der Waals surface area contributed by atoms with Crippen molar-refractivity contribution in [2.45, 2.75) is 31.6 Å². The third-order valence-electron chi connectivity index (χ3n) is 7.17. The molecule has 0 radical (unpaired) electrons. The minimum atomic E-state index is -5.03. The molecule has 46 heavy (non-hydrogen) atoms. The van der Waals surface area contributed by atoms with Gasteiger partial charge in [-0.25, -0.2) is 4.98 Å². The van der Waals surface area contributed by atoms with Crippen molar-refractivity contribution in [1.82, 2.24) is 10.3 Å². The molecule has 1 amide bonds. The van der Waals surface area contributed by atoms with Crippen molar-refractivity contribution in [2.75, 3.05) is 23.3 Å². The van der Waals surface area contributed by atoms with Crippen LogP contribution in [-0.2, 0) is 31.6 Å². The van der Waals surface area contributed by atoms with Gasteiger partial charge in [0.2, 0.25) is 0 Å². The highest BCUT2D eigenvalue weighted by Gasteiger charge is 2.37. The first-order chi connectivity index (χ1) is 21.5. The monoisotopic (exact) mass is 672 g/mol. The first-order valence-electron chi connectivity index (χ1n) is 13.5. The molecule has 2 N–H and O–H groups in total. The molecule has 5 nitrogen and oxygen atoms in total. The zero-order valence-corrected chi connectivity index (χ0v) is 24.1. The van der Waals surface area contributed by atoms with Crippen LogP contribution in [0, 0.1) is 0 Å². The first kappa shape index (κ1) is 32.9. The molecule has 5 rings (SSSR count). The van der Waals surface area contributed by atoms with Gasteiger partial charge in [0.05, 0.1) is 22.4 Å². The molecular weight excluding hydrogens is 651 g/mol. The Morgan fingerprint density at radius 3 is 2.20 bits per heavy atom. The predicted molar refractivity (Wildman–Crippen MR) is 153 cm³/mol. The lowest BCUT2D eigenvalue weighted by atomic mass is 10.0. The number of amides is 1. The van der Waals surface area contributed by atoms with E-state index in [-0.39, 0.29) is 28.8 Å². The van der Waals surface area contributed by atoms with Gasteiger partial charge in [0.25, 0.3) is 5.91 Å². The minimum Gasteiger partial charge on any atom is -0.367 e. The molecule has 2 heterocycles. The second-order valence-electron chi connectivity index (χ2n) is 10.4. The van der Waals surface area contributed by atoms with Crippen LogP contribution in [0.2, 0.25) is 5.02 Å². The van der Waals surface area contributed by atoms with Crippen molar-refractivity contribution in [3.05, 3.63) is 111 Å². The Balaban J connectivity index is 1.38. The van der Waals surface area contributed by atoms with Gasteiger partial charge in [-0.2, -0.15) is 39.5 Å². The van der Waals surface area contributed by atoms with Gasteiger partial charge in [-0.1, -0.05) is 23.7 Å². The van der Waals surface area contributed by atoms with E-state index in [2.05, 4.69) is 15.6 Å². The zero-order valence-electron chi connectivity index (χ0n) is 23.3. The summed E-state index contributed by atoms with van der Waals surface area (Å²) in [6.07, 6.45) is -13.2. The lowest BCUT2D eigenvalue weighted by molar-refractivity contribution is -0.143. The summed E-state index contributed by atoms with van der Waals surface area (Å²) in [7, 11) is 0. The number of aromatic nitrogens is 1. The third kappa shape index (κ3) is 7.49. The number of nitrogens with one attached hydrogen (secondary N) is 2. The summed E-state index contributed by atoms with van der Waals surface area (Å²) in [5.41, 5.74) is -2.71. The lowest BCUT2D eigenvalue weighted by Crippen LogP contribution is -2.34. The number of pyridine rings is 1. The number of fused-ring (bicyclic) bond motifs is 1. The Bertz CT molecular complexity index is 1740. The standard InChI is InChI=1S/C31H22ClF9N4O/c32-24-4-5-25(31(39,40)41)21(11-24)16-45-7-6-42-27-26(45)12-20(15-43-27)18-2-1-3-19(10-18)28(46)44-14-17-8-22(29(33,34)35)13-23(9-17)30(36,37)38/h1-5,8-13,15H,6-7,14,16H2,(H,42,43)(H,44,46). The highest BCUT2D eigenvalue weighted by Crippen LogP contribution is 2.38.